The molecule has 0 fully saturated rings. The molecule has 0 saturated heterocycles. The Hall–Kier alpha value is 0.0400. The van der Waals surface area contributed by atoms with Crippen molar-refractivity contribution in [1.29, 1.82) is 0 Å². The minimum absolute atomic E-state index is 0.0648. The Bertz CT molecular complexity index is 401. The van der Waals surface area contributed by atoms with Gasteiger partial charge in [-0.05, 0) is 24.3 Å². The topological polar surface area (TPSA) is 40.5 Å². The van der Waals surface area contributed by atoms with Crippen LogP contribution in [0.25, 0.3) is 0 Å². The van der Waals surface area contributed by atoms with Crippen LogP contribution in [-0.2, 0) is 0 Å². The third kappa shape index (κ3) is 7.47. The predicted octanol–water partition coefficient (Wildman–Crippen LogP) is 5.86. The van der Waals surface area contributed by atoms with Crippen molar-refractivity contribution in [2.45, 2.75) is 0 Å². The second-order valence-electron chi connectivity index (χ2n) is 2.67. The summed E-state index contributed by atoms with van der Waals surface area (Å²) in [6.07, 6.45) is 0. The number of halogens is 6. The second-order valence-corrected chi connectivity index (χ2v) is 5.32. The lowest BCUT2D eigenvalue weighted by molar-refractivity contribution is 0.460. The maximum absolute atomic E-state index is 8.65. The van der Waals surface area contributed by atoms with E-state index in [1.54, 1.807) is 0 Å². The van der Waals surface area contributed by atoms with Crippen molar-refractivity contribution in [3.8, 4) is 11.5 Å². The molecule has 0 aliphatic carbocycles. The molecular weight excluding hydrogens is 365 g/mol. The summed E-state index contributed by atoms with van der Waals surface area (Å²) >= 11 is 31.8. The summed E-state index contributed by atoms with van der Waals surface area (Å²) in [7, 11) is 0. The van der Waals surface area contributed by atoms with Crippen LogP contribution in [0.5, 0.6) is 11.5 Å². The minimum atomic E-state index is -0.175. The van der Waals surface area contributed by atoms with Gasteiger partial charge in [0.15, 0.2) is 0 Å². The van der Waals surface area contributed by atoms with Crippen molar-refractivity contribution < 1.29 is 10.2 Å². The molecule has 0 aliphatic heterocycles. The third-order valence-electron chi connectivity index (χ3n) is 1.37. The summed E-state index contributed by atoms with van der Waals surface area (Å²) in [4.78, 5) is 0. The lowest BCUT2D eigenvalue weighted by atomic mass is 10.3. The molecule has 2 nitrogen and oxygen atoms in total. The summed E-state index contributed by atoms with van der Waals surface area (Å²) in [6.45, 7) is 0. The van der Waals surface area contributed by atoms with Crippen molar-refractivity contribution in [2.75, 3.05) is 0 Å². The second kappa shape index (κ2) is 9.03. The van der Waals surface area contributed by atoms with E-state index < -0.39 is 0 Å². The number of hydrogen-bond acceptors (Lipinski definition) is 2. The molecule has 0 heterocycles. The number of phenolic OH excluding ortho intramolecular Hbond substituents is 2. The molecular formula is C10H6Cl6O2. The molecule has 1 aromatic rings. The van der Waals surface area contributed by atoms with Gasteiger partial charge in [-0.3, -0.25) is 0 Å². The molecule has 8 heteroatoms. The zero-order valence-corrected chi connectivity index (χ0v) is 13.0. The van der Waals surface area contributed by atoms with Crippen molar-refractivity contribution in [3.05, 3.63) is 43.3 Å². The van der Waals surface area contributed by atoms with Gasteiger partial charge in [-0.1, -0.05) is 69.6 Å². The largest absolute Gasteiger partial charge is 0.508 e. The standard InChI is InChI=1S/C6H6O2.C4Cl6/c7-5-1-2-6(8)4-3-5;5-1(3(7)8)2(6)4(9)10/h1-4,7-8H;. The van der Waals surface area contributed by atoms with Gasteiger partial charge in [0.2, 0.25) is 0 Å². The van der Waals surface area contributed by atoms with E-state index in [1.165, 1.54) is 24.3 Å². The predicted molar refractivity (Wildman–Crippen MR) is 78.9 cm³/mol. The van der Waals surface area contributed by atoms with Crippen LogP contribution in [0.3, 0.4) is 0 Å². The van der Waals surface area contributed by atoms with Crippen molar-refractivity contribution in [3.63, 3.8) is 0 Å². The van der Waals surface area contributed by atoms with Gasteiger partial charge in [-0.2, -0.15) is 0 Å². The van der Waals surface area contributed by atoms with Crippen LogP contribution in [0.1, 0.15) is 0 Å². The fourth-order valence-corrected chi connectivity index (χ4v) is 1.38. The highest BCUT2D eigenvalue weighted by Crippen LogP contribution is 2.32. The van der Waals surface area contributed by atoms with E-state index >= 15 is 0 Å². The van der Waals surface area contributed by atoms with Crippen LogP contribution in [0.2, 0.25) is 0 Å². The van der Waals surface area contributed by atoms with Gasteiger partial charge in [0.1, 0.15) is 20.5 Å². The Morgan fingerprint density at radius 3 is 1.00 bits per heavy atom. The van der Waals surface area contributed by atoms with E-state index in [0.29, 0.717) is 0 Å². The molecule has 1 aromatic carbocycles. The molecule has 0 spiro atoms. The molecule has 1 rings (SSSR count). The van der Waals surface area contributed by atoms with Gasteiger partial charge in [-0.25, -0.2) is 0 Å². The molecule has 100 valence electrons. The Morgan fingerprint density at radius 1 is 0.611 bits per heavy atom. The first-order valence-corrected chi connectivity index (χ1v) is 6.42. The van der Waals surface area contributed by atoms with Gasteiger partial charge in [-0.15, -0.1) is 0 Å². The third-order valence-corrected chi connectivity index (χ3v) is 3.37. The lowest BCUT2D eigenvalue weighted by Gasteiger charge is -1.94. The highest BCUT2D eigenvalue weighted by Gasteiger charge is 2.07. The number of allylic oxidation sites excluding steroid dienone is 2. The molecule has 0 aromatic heterocycles. The van der Waals surface area contributed by atoms with Gasteiger partial charge < -0.3 is 10.2 Å². The van der Waals surface area contributed by atoms with Crippen molar-refractivity contribution >= 4 is 69.6 Å². The summed E-state index contributed by atoms with van der Waals surface area (Å²) < 4.78 is -0.351. The van der Waals surface area contributed by atoms with Crippen LogP contribution >= 0.6 is 69.6 Å². The average Bonchev–Trinajstić information content (AvgIpc) is 2.31. The van der Waals surface area contributed by atoms with E-state index in [0.717, 1.165) is 0 Å². The maximum atomic E-state index is 8.65. The van der Waals surface area contributed by atoms with E-state index in [2.05, 4.69) is 0 Å². The van der Waals surface area contributed by atoms with Gasteiger partial charge in [0.25, 0.3) is 0 Å². The molecule has 18 heavy (non-hydrogen) atoms. The van der Waals surface area contributed by atoms with Crippen LogP contribution in [0.15, 0.2) is 43.3 Å². The van der Waals surface area contributed by atoms with E-state index in [1.807, 2.05) is 0 Å². The zero-order valence-electron chi connectivity index (χ0n) is 8.47. The monoisotopic (exact) mass is 368 g/mol. The van der Waals surface area contributed by atoms with Crippen molar-refractivity contribution in [2.24, 2.45) is 0 Å². The summed E-state index contributed by atoms with van der Waals surface area (Å²) in [5.41, 5.74) is 0. The number of phenols is 2. The molecule has 2 N–H and O–H groups in total. The van der Waals surface area contributed by atoms with Crippen LogP contribution in [-0.4, -0.2) is 10.2 Å². The smallest absolute Gasteiger partial charge is 0.127 e. The molecule has 0 atom stereocenters. The first-order chi connectivity index (χ1) is 8.25. The fourth-order valence-electron chi connectivity index (χ4n) is 0.619. The Balaban J connectivity index is 0.000000327. The number of hydrogen-bond donors (Lipinski definition) is 2. The minimum Gasteiger partial charge on any atom is -0.508 e. The first-order valence-electron chi connectivity index (χ1n) is 4.15. The van der Waals surface area contributed by atoms with Gasteiger partial charge >= 0.3 is 0 Å². The summed E-state index contributed by atoms with van der Waals surface area (Å²) in [5, 5.41) is 17.2. The quantitative estimate of drug-likeness (QED) is 0.480. The van der Waals surface area contributed by atoms with Gasteiger partial charge in [0, 0.05) is 0 Å². The van der Waals surface area contributed by atoms with E-state index in [9.17, 15) is 0 Å². The van der Waals surface area contributed by atoms with E-state index in [-0.39, 0.29) is 30.5 Å². The lowest BCUT2D eigenvalue weighted by Crippen LogP contribution is -1.73. The summed E-state index contributed by atoms with van der Waals surface area (Å²) in [5.74, 6) is 0.339. The maximum Gasteiger partial charge on any atom is 0.127 e. The van der Waals surface area contributed by atoms with Gasteiger partial charge in [0.05, 0.1) is 10.1 Å². The molecule has 0 saturated carbocycles. The number of aromatic hydroxyl groups is 2. The van der Waals surface area contributed by atoms with Crippen molar-refractivity contribution in [1.82, 2.24) is 0 Å². The van der Waals surface area contributed by atoms with Crippen LogP contribution in [0, 0.1) is 0 Å². The van der Waals surface area contributed by atoms with Crippen LogP contribution < -0.4 is 0 Å². The zero-order chi connectivity index (χ0) is 14.3. The Labute approximate surface area is 134 Å². The molecule has 0 amide bonds. The Kier molecular flexibility index (Phi) is 9.05. The van der Waals surface area contributed by atoms with E-state index in [4.69, 9.17) is 79.8 Å². The average molecular weight is 371 g/mol. The number of rotatable bonds is 1. The molecule has 0 radical (unpaired) electrons. The normalized spacial score (nSPS) is 9.00. The Morgan fingerprint density at radius 2 is 0.833 bits per heavy atom. The molecule has 0 aliphatic rings. The first kappa shape index (κ1) is 18.0. The molecule has 0 bridgehead atoms. The molecule has 0 unspecified atom stereocenters. The fraction of sp³-hybridized carbons (Fsp3) is 0. The summed E-state index contributed by atoms with van der Waals surface area (Å²) in [6, 6.07) is 5.70. The van der Waals surface area contributed by atoms with Crippen LogP contribution in [0.4, 0.5) is 0 Å². The SMILES string of the molecule is ClC(Cl)=C(Cl)C(Cl)=C(Cl)Cl.Oc1ccc(O)cc1. The highest BCUT2D eigenvalue weighted by molar-refractivity contribution is 6.65. The highest BCUT2D eigenvalue weighted by atomic mass is 35.5. The number of benzene rings is 1.